The van der Waals surface area contributed by atoms with Gasteiger partial charge in [-0.1, -0.05) is 175 Å². The van der Waals surface area contributed by atoms with E-state index in [-0.39, 0.29) is 10.8 Å². The number of para-hydroxylation sites is 6. The number of nitrogens with zero attached hydrogens (tertiary/aromatic N) is 6. The zero-order valence-electron chi connectivity index (χ0n) is 47.1. The van der Waals surface area contributed by atoms with Gasteiger partial charge in [-0.05, 0) is 94.8 Å². The molecule has 0 fully saturated rings. The molecular formula is C76H52N6O2. The van der Waals surface area contributed by atoms with E-state index in [1.54, 1.807) is 0 Å². The molecule has 11 aromatic carbocycles. The number of hydrogen-bond donors (Lipinski definition) is 0. The summed E-state index contributed by atoms with van der Waals surface area (Å²) in [5.41, 5.74) is 14.8. The molecule has 8 heteroatoms. The van der Waals surface area contributed by atoms with Gasteiger partial charge in [-0.15, -0.1) is 0 Å². The molecule has 0 spiro atoms. The Morgan fingerprint density at radius 3 is 1.12 bits per heavy atom. The lowest BCUT2D eigenvalue weighted by atomic mass is 9.86. The van der Waals surface area contributed by atoms with Crippen molar-refractivity contribution in [1.82, 2.24) is 18.3 Å². The van der Waals surface area contributed by atoms with Crippen LogP contribution in [0.5, 0.6) is 0 Å². The summed E-state index contributed by atoms with van der Waals surface area (Å²) in [7, 11) is 0. The normalized spacial score (nSPS) is 12.6. The zero-order valence-corrected chi connectivity index (χ0v) is 47.1. The SMILES string of the molecule is [C-]#[N+]c1c(-n2c3ccccc3c3ccccc32)c(-n2c3ccc(C(C)(C)C)cc3c3ccc4c5ccccc5oc4c32)c(-n2c3ccccc3c3ccccc32)c(C#N)c1-n1c2ccc(C(C)(C)C)cc2c2ccc3c4ccccc4oc3c21. The number of fused-ring (bicyclic) bond motifs is 20. The monoisotopic (exact) mass is 1080 g/mol. The minimum absolute atomic E-state index is 0.192. The topological polar surface area (TPSA) is 74.2 Å². The molecular weight excluding hydrogens is 1030 g/mol. The van der Waals surface area contributed by atoms with E-state index in [1.807, 2.05) is 30.3 Å². The van der Waals surface area contributed by atoms with Crippen LogP contribution in [-0.2, 0) is 10.8 Å². The lowest BCUT2D eigenvalue weighted by Gasteiger charge is -2.27. The number of rotatable bonds is 4. The van der Waals surface area contributed by atoms with Crippen LogP contribution in [0.4, 0.5) is 5.69 Å². The van der Waals surface area contributed by atoms with Crippen molar-refractivity contribution in [2.75, 3.05) is 0 Å². The second-order valence-corrected chi connectivity index (χ2v) is 24.6. The average molecular weight is 1080 g/mol. The Morgan fingerprint density at radius 1 is 0.357 bits per heavy atom. The summed E-state index contributed by atoms with van der Waals surface area (Å²) in [5, 5.41) is 24.9. The third-order valence-corrected chi connectivity index (χ3v) is 17.9. The Kier molecular flexibility index (Phi) is 9.64. The zero-order chi connectivity index (χ0) is 56.7. The molecule has 17 rings (SSSR count). The van der Waals surface area contributed by atoms with Crippen LogP contribution < -0.4 is 0 Å². The molecule has 6 aromatic heterocycles. The summed E-state index contributed by atoms with van der Waals surface area (Å²) in [6, 6.07) is 75.7. The lowest BCUT2D eigenvalue weighted by Crippen LogP contribution is -2.15. The minimum Gasteiger partial charge on any atom is -0.454 e. The van der Waals surface area contributed by atoms with Crippen LogP contribution in [0.3, 0.4) is 0 Å². The van der Waals surface area contributed by atoms with E-state index in [0.29, 0.717) is 45.2 Å². The van der Waals surface area contributed by atoms with Crippen molar-refractivity contribution in [3.8, 4) is 28.8 Å². The van der Waals surface area contributed by atoms with Crippen LogP contribution in [0.15, 0.2) is 215 Å². The van der Waals surface area contributed by atoms with Crippen molar-refractivity contribution in [2.24, 2.45) is 0 Å². The van der Waals surface area contributed by atoms with Crippen molar-refractivity contribution in [3.05, 3.63) is 234 Å². The maximum absolute atomic E-state index is 13.0. The highest BCUT2D eigenvalue weighted by Crippen LogP contribution is 2.54. The third kappa shape index (κ3) is 6.34. The van der Waals surface area contributed by atoms with Gasteiger partial charge in [-0.3, -0.25) is 0 Å². The first-order chi connectivity index (χ1) is 40.9. The first kappa shape index (κ1) is 48.0. The van der Waals surface area contributed by atoms with E-state index in [1.165, 1.54) is 5.56 Å². The number of hydrogen-bond acceptors (Lipinski definition) is 3. The second-order valence-electron chi connectivity index (χ2n) is 24.6. The molecule has 0 aliphatic carbocycles. The highest BCUT2D eigenvalue weighted by Gasteiger charge is 2.36. The summed E-state index contributed by atoms with van der Waals surface area (Å²) in [6.07, 6.45) is 0. The van der Waals surface area contributed by atoms with Crippen LogP contribution >= 0.6 is 0 Å². The van der Waals surface area contributed by atoms with Crippen LogP contribution in [0, 0.1) is 17.9 Å². The maximum atomic E-state index is 13.0. The van der Waals surface area contributed by atoms with Gasteiger partial charge in [0.05, 0.1) is 79.0 Å². The first-order valence-electron chi connectivity index (χ1n) is 28.7. The average Bonchev–Trinajstić information content (AvgIpc) is 1.62. The Bertz CT molecular complexity index is 5600. The summed E-state index contributed by atoms with van der Waals surface area (Å²) in [4.78, 5) is 4.90. The highest BCUT2D eigenvalue weighted by molar-refractivity contribution is 6.25. The molecule has 0 radical (unpaired) electrons. The van der Waals surface area contributed by atoms with Gasteiger partial charge in [0.15, 0.2) is 11.2 Å². The van der Waals surface area contributed by atoms with Crippen LogP contribution in [0.2, 0.25) is 0 Å². The molecule has 0 N–H and O–H groups in total. The van der Waals surface area contributed by atoms with E-state index in [4.69, 9.17) is 13.7 Å². The summed E-state index contributed by atoms with van der Waals surface area (Å²) < 4.78 is 23.5. The molecule has 0 saturated carbocycles. The Morgan fingerprint density at radius 2 is 0.714 bits per heavy atom. The number of nitriles is 1. The van der Waals surface area contributed by atoms with Crippen molar-refractivity contribution in [3.63, 3.8) is 0 Å². The molecule has 0 unspecified atom stereocenters. The van der Waals surface area contributed by atoms with Gasteiger partial charge >= 0.3 is 0 Å². The molecule has 0 aliphatic rings. The van der Waals surface area contributed by atoms with E-state index in [2.05, 4.69) is 242 Å². The van der Waals surface area contributed by atoms with Crippen molar-refractivity contribution in [1.29, 1.82) is 5.26 Å². The van der Waals surface area contributed by atoms with Crippen molar-refractivity contribution >= 4 is 137 Å². The van der Waals surface area contributed by atoms with Crippen LogP contribution in [0.1, 0.15) is 58.2 Å². The molecule has 398 valence electrons. The van der Waals surface area contributed by atoms with Crippen LogP contribution in [0.25, 0.3) is 159 Å². The highest BCUT2D eigenvalue weighted by atomic mass is 16.3. The molecule has 0 saturated heterocycles. The van der Waals surface area contributed by atoms with Gasteiger partial charge in [0, 0.05) is 64.6 Å². The Hall–Kier alpha value is -10.8. The summed E-state index contributed by atoms with van der Waals surface area (Å²) in [5.74, 6) is 0. The molecule has 0 atom stereocenters. The molecule has 6 heterocycles. The molecule has 0 amide bonds. The molecule has 84 heavy (non-hydrogen) atoms. The summed E-state index contributed by atoms with van der Waals surface area (Å²) in [6.45, 7) is 23.6. The Labute approximate surface area is 482 Å². The van der Waals surface area contributed by atoms with E-state index < -0.39 is 0 Å². The van der Waals surface area contributed by atoms with Gasteiger partial charge in [0.1, 0.15) is 17.2 Å². The van der Waals surface area contributed by atoms with Crippen LogP contribution in [-0.4, -0.2) is 18.3 Å². The lowest BCUT2D eigenvalue weighted by molar-refractivity contribution is 0.591. The first-order valence-corrected chi connectivity index (χ1v) is 28.7. The fourth-order valence-corrected chi connectivity index (χ4v) is 14.0. The van der Waals surface area contributed by atoms with E-state index >= 15 is 0 Å². The predicted molar refractivity (Wildman–Crippen MR) is 347 cm³/mol. The van der Waals surface area contributed by atoms with Gasteiger partial charge < -0.3 is 27.1 Å². The summed E-state index contributed by atoms with van der Waals surface area (Å²) >= 11 is 0. The quantitative estimate of drug-likeness (QED) is 0.165. The second kappa shape index (κ2) is 16.9. The van der Waals surface area contributed by atoms with Gasteiger partial charge in [-0.25, -0.2) is 4.85 Å². The van der Waals surface area contributed by atoms with Gasteiger partial charge in [0.2, 0.25) is 5.69 Å². The molecule has 0 aliphatic heterocycles. The number of furan rings is 2. The third-order valence-electron chi connectivity index (χ3n) is 17.9. The van der Waals surface area contributed by atoms with Crippen molar-refractivity contribution < 1.29 is 8.83 Å². The van der Waals surface area contributed by atoms with Gasteiger partial charge in [0.25, 0.3) is 0 Å². The fraction of sp³-hybridized carbons (Fsp3) is 0.105. The largest absolute Gasteiger partial charge is 0.454 e. The molecule has 17 aromatic rings. The standard InChI is InChI=1S/C76H52N6O2/c1-75(2,3)43-32-38-62-55(40-43)51-34-36-53-49-24-12-18-30-64(49)83-73(53)69(51)81(62)67-57(42-77)68(79-58-26-14-8-20-45(58)46-21-9-15-27-59(46)79)72(71(66(67)78-7)80-60-28-16-10-22-47(60)48-23-11-17-29-61(48)80)82-63-39-33-44(76(4,5)6)41-56(63)52-35-37-54-50-25-13-19-31-65(50)84-74(54)70(52)82/h8-41H,1-6H3. The Balaban J connectivity index is 1.21. The minimum atomic E-state index is -0.193. The fourth-order valence-electron chi connectivity index (χ4n) is 14.0. The van der Waals surface area contributed by atoms with E-state index in [9.17, 15) is 11.8 Å². The molecule has 0 bridgehead atoms. The number of benzene rings is 11. The maximum Gasteiger partial charge on any atom is 0.237 e. The van der Waals surface area contributed by atoms with Gasteiger partial charge in [-0.2, -0.15) is 5.26 Å². The molecule has 8 nitrogen and oxygen atoms in total. The number of aromatic nitrogens is 4. The predicted octanol–water partition coefficient (Wildman–Crippen LogP) is 20.9. The van der Waals surface area contributed by atoms with E-state index in [0.717, 1.165) is 125 Å². The van der Waals surface area contributed by atoms with Crippen molar-refractivity contribution in [2.45, 2.75) is 52.4 Å². The smallest absolute Gasteiger partial charge is 0.237 e.